The normalized spacial score (nSPS) is 15.6. The van der Waals surface area contributed by atoms with Gasteiger partial charge in [-0.15, -0.1) is 0 Å². The average Bonchev–Trinajstić information content (AvgIpc) is 2.97. The molecule has 2 aromatic rings. The monoisotopic (exact) mass is 567 g/mol. The van der Waals surface area contributed by atoms with Gasteiger partial charge in [0.2, 0.25) is 5.91 Å². The lowest BCUT2D eigenvalue weighted by Crippen LogP contribution is -2.54. The van der Waals surface area contributed by atoms with Gasteiger partial charge in [0.15, 0.2) is 0 Å². The maximum Gasteiger partial charge on any atom is 0.407 e. The first-order valence-corrected chi connectivity index (χ1v) is 14.3. The maximum absolute atomic E-state index is 13.8. The topological polar surface area (TPSA) is 123 Å². The minimum Gasteiger partial charge on any atom is -0.465 e. The number of anilines is 1. The second-order valence-corrected chi connectivity index (χ2v) is 9.76. The van der Waals surface area contributed by atoms with Gasteiger partial charge in [-0.2, -0.15) is 0 Å². The molecule has 41 heavy (non-hydrogen) atoms. The van der Waals surface area contributed by atoms with Gasteiger partial charge in [-0.05, 0) is 69.6 Å². The van der Waals surface area contributed by atoms with E-state index < -0.39 is 30.1 Å². The molecule has 3 rings (SSSR count). The number of hydrogen-bond donors (Lipinski definition) is 2. The number of amides is 2. The van der Waals surface area contributed by atoms with Crippen LogP contribution >= 0.6 is 0 Å². The number of carbonyl (C=O) groups is 4. The smallest absolute Gasteiger partial charge is 0.407 e. The number of aryl methyl sites for hydroxylation is 1. The van der Waals surface area contributed by atoms with Gasteiger partial charge in [0.1, 0.15) is 19.2 Å². The van der Waals surface area contributed by atoms with Crippen LogP contribution in [0.3, 0.4) is 0 Å². The minimum atomic E-state index is -0.715. The SMILES string of the molecule is CCOC(=O)CN1C(=O)C(NC(CCCCNC(=O)OCc2ccccc2)C(=O)OCC)CCCc2ccccc21. The van der Waals surface area contributed by atoms with Crippen molar-refractivity contribution >= 4 is 29.6 Å². The van der Waals surface area contributed by atoms with E-state index in [1.54, 1.807) is 13.8 Å². The Labute approximate surface area is 241 Å². The van der Waals surface area contributed by atoms with E-state index in [0.29, 0.717) is 37.9 Å². The molecule has 2 atom stereocenters. The predicted molar refractivity (Wildman–Crippen MR) is 154 cm³/mol. The standard InChI is InChI=1S/C31H41N3O7/c1-3-39-28(35)21-34-27-19-9-8-15-24(27)16-12-18-25(29(34)36)33-26(30(37)40-4-2)17-10-11-20-32-31(38)41-22-23-13-6-5-7-14-23/h5-9,13-15,19,25-26,33H,3-4,10-12,16-18,20-22H2,1-2H3,(H,32,38). The molecule has 2 N–H and O–H groups in total. The highest BCUT2D eigenvalue weighted by molar-refractivity contribution is 6.01. The van der Waals surface area contributed by atoms with E-state index in [-0.39, 0.29) is 32.3 Å². The number of unbranched alkanes of at least 4 members (excludes halogenated alkanes) is 1. The Morgan fingerprint density at radius 2 is 1.68 bits per heavy atom. The van der Waals surface area contributed by atoms with Crippen molar-refractivity contribution in [3.63, 3.8) is 0 Å². The zero-order valence-electron chi connectivity index (χ0n) is 23.9. The number of carbonyl (C=O) groups excluding carboxylic acids is 4. The molecular weight excluding hydrogens is 526 g/mol. The van der Waals surface area contributed by atoms with Gasteiger partial charge in [-0.3, -0.25) is 24.6 Å². The van der Waals surface area contributed by atoms with E-state index in [4.69, 9.17) is 14.2 Å². The molecule has 2 unspecified atom stereocenters. The van der Waals surface area contributed by atoms with E-state index in [1.165, 1.54) is 4.90 Å². The molecule has 0 saturated heterocycles. The lowest BCUT2D eigenvalue weighted by Gasteiger charge is -2.32. The van der Waals surface area contributed by atoms with Crippen molar-refractivity contribution in [1.29, 1.82) is 0 Å². The lowest BCUT2D eigenvalue weighted by atomic mass is 9.97. The number of alkyl carbamates (subject to hydrolysis) is 1. The lowest BCUT2D eigenvalue weighted by molar-refractivity contribution is -0.146. The van der Waals surface area contributed by atoms with Gasteiger partial charge in [0.05, 0.1) is 19.3 Å². The quantitative estimate of drug-likeness (QED) is 0.200. The Balaban J connectivity index is 1.58. The van der Waals surface area contributed by atoms with Crippen molar-refractivity contribution in [2.45, 2.75) is 71.1 Å². The van der Waals surface area contributed by atoms with E-state index in [1.807, 2.05) is 54.6 Å². The zero-order chi connectivity index (χ0) is 29.5. The van der Waals surface area contributed by atoms with Crippen LogP contribution in [0.4, 0.5) is 10.5 Å². The fourth-order valence-corrected chi connectivity index (χ4v) is 4.76. The molecule has 0 radical (unpaired) electrons. The van der Waals surface area contributed by atoms with Crippen LogP contribution in [0.1, 0.15) is 57.1 Å². The number of hydrogen-bond acceptors (Lipinski definition) is 8. The summed E-state index contributed by atoms with van der Waals surface area (Å²) in [5.74, 6) is -1.22. The van der Waals surface area contributed by atoms with E-state index in [0.717, 1.165) is 24.0 Å². The summed E-state index contributed by atoms with van der Waals surface area (Å²) < 4.78 is 15.7. The number of benzene rings is 2. The number of nitrogens with zero attached hydrogens (tertiary/aromatic N) is 1. The van der Waals surface area contributed by atoms with E-state index >= 15 is 0 Å². The zero-order valence-corrected chi connectivity index (χ0v) is 23.9. The number of fused-ring (bicyclic) bond motifs is 1. The van der Waals surface area contributed by atoms with Crippen molar-refractivity contribution in [3.05, 3.63) is 65.7 Å². The van der Waals surface area contributed by atoms with Gasteiger partial charge < -0.3 is 19.5 Å². The van der Waals surface area contributed by atoms with Crippen LogP contribution in [-0.4, -0.2) is 62.3 Å². The second kappa shape index (κ2) is 17.0. The summed E-state index contributed by atoms with van der Waals surface area (Å²) in [6.07, 6.45) is 3.09. The molecule has 0 spiro atoms. The summed E-state index contributed by atoms with van der Waals surface area (Å²) in [7, 11) is 0. The molecule has 10 heteroatoms. The van der Waals surface area contributed by atoms with Crippen molar-refractivity contribution < 1.29 is 33.4 Å². The van der Waals surface area contributed by atoms with Crippen molar-refractivity contribution in [2.24, 2.45) is 0 Å². The first-order chi connectivity index (χ1) is 19.9. The summed E-state index contributed by atoms with van der Waals surface area (Å²) in [6.45, 7) is 4.25. The first kappa shape index (κ1) is 31.6. The summed E-state index contributed by atoms with van der Waals surface area (Å²) in [5.41, 5.74) is 2.56. The van der Waals surface area contributed by atoms with Crippen LogP contribution in [0.25, 0.3) is 0 Å². The van der Waals surface area contributed by atoms with Gasteiger partial charge in [0, 0.05) is 12.2 Å². The number of nitrogens with one attached hydrogen (secondary N) is 2. The first-order valence-electron chi connectivity index (χ1n) is 14.3. The van der Waals surface area contributed by atoms with Crippen LogP contribution in [0.2, 0.25) is 0 Å². The Hall–Kier alpha value is -3.92. The third kappa shape index (κ3) is 10.2. The molecule has 2 aromatic carbocycles. The summed E-state index contributed by atoms with van der Waals surface area (Å²) in [4.78, 5) is 52.5. The third-order valence-electron chi connectivity index (χ3n) is 6.75. The van der Waals surface area contributed by atoms with Crippen LogP contribution in [-0.2, 0) is 41.6 Å². The minimum absolute atomic E-state index is 0.189. The van der Waals surface area contributed by atoms with Gasteiger partial charge in [0.25, 0.3) is 0 Å². The van der Waals surface area contributed by atoms with Gasteiger partial charge in [-0.25, -0.2) is 4.79 Å². The van der Waals surface area contributed by atoms with Gasteiger partial charge in [-0.1, -0.05) is 48.5 Å². The van der Waals surface area contributed by atoms with Crippen LogP contribution < -0.4 is 15.5 Å². The Morgan fingerprint density at radius 3 is 2.44 bits per heavy atom. The van der Waals surface area contributed by atoms with Crippen LogP contribution in [0.15, 0.2) is 54.6 Å². The van der Waals surface area contributed by atoms with E-state index in [2.05, 4.69) is 10.6 Å². The molecule has 0 saturated carbocycles. The fourth-order valence-electron chi connectivity index (χ4n) is 4.76. The fraction of sp³-hybridized carbons (Fsp3) is 0.484. The highest BCUT2D eigenvalue weighted by Gasteiger charge is 2.33. The Bertz CT molecular complexity index is 1140. The highest BCUT2D eigenvalue weighted by atomic mass is 16.5. The third-order valence-corrected chi connectivity index (χ3v) is 6.75. The molecule has 1 aliphatic heterocycles. The predicted octanol–water partition coefficient (Wildman–Crippen LogP) is 3.91. The molecule has 0 aliphatic carbocycles. The van der Waals surface area contributed by atoms with Gasteiger partial charge >= 0.3 is 18.0 Å². The molecule has 1 aliphatic rings. The van der Waals surface area contributed by atoms with Crippen molar-refractivity contribution in [2.75, 3.05) is 31.2 Å². The summed E-state index contributed by atoms with van der Waals surface area (Å²) in [6, 6.07) is 15.6. The molecule has 0 aromatic heterocycles. The number of ether oxygens (including phenoxy) is 3. The van der Waals surface area contributed by atoms with Crippen molar-refractivity contribution in [1.82, 2.24) is 10.6 Å². The maximum atomic E-state index is 13.8. The molecular formula is C31H41N3O7. The number of para-hydroxylation sites is 1. The van der Waals surface area contributed by atoms with Crippen LogP contribution in [0.5, 0.6) is 0 Å². The largest absolute Gasteiger partial charge is 0.465 e. The summed E-state index contributed by atoms with van der Waals surface area (Å²) >= 11 is 0. The highest BCUT2D eigenvalue weighted by Crippen LogP contribution is 2.27. The molecule has 0 fully saturated rings. The van der Waals surface area contributed by atoms with Crippen LogP contribution in [0, 0.1) is 0 Å². The second-order valence-electron chi connectivity index (χ2n) is 9.76. The number of esters is 2. The summed E-state index contributed by atoms with van der Waals surface area (Å²) in [5, 5.41) is 5.96. The molecule has 10 nitrogen and oxygen atoms in total. The number of rotatable bonds is 14. The molecule has 1 heterocycles. The molecule has 222 valence electrons. The molecule has 0 bridgehead atoms. The van der Waals surface area contributed by atoms with Crippen molar-refractivity contribution in [3.8, 4) is 0 Å². The Morgan fingerprint density at radius 1 is 0.951 bits per heavy atom. The van der Waals surface area contributed by atoms with E-state index in [9.17, 15) is 19.2 Å². The average molecular weight is 568 g/mol. The molecule has 2 amide bonds. The Kier molecular flexibility index (Phi) is 13.1.